The molecule has 172 valence electrons. The number of nitrogens with zero attached hydrogens (tertiary/aromatic N) is 4. The monoisotopic (exact) mass is 446 g/mol. The zero-order valence-corrected chi connectivity index (χ0v) is 19.3. The van der Waals surface area contributed by atoms with E-state index in [1.807, 2.05) is 56.4 Å². The van der Waals surface area contributed by atoms with E-state index >= 15 is 0 Å². The molecule has 1 amide bonds. The molecular weight excluding hydrogens is 416 g/mol. The van der Waals surface area contributed by atoms with Crippen molar-refractivity contribution in [2.24, 2.45) is 0 Å². The van der Waals surface area contributed by atoms with Crippen LogP contribution in [0.25, 0.3) is 0 Å². The van der Waals surface area contributed by atoms with Gasteiger partial charge >= 0.3 is 0 Å². The molecule has 1 aliphatic rings. The van der Waals surface area contributed by atoms with E-state index in [9.17, 15) is 4.79 Å². The van der Waals surface area contributed by atoms with Crippen molar-refractivity contribution in [3.8, 4) is 5.75 Å². The number of hydrogen-bond acceptors (Lipinski definition) is 7. The van der Waals surface area contributed by atoms with Crippen molar-refractivity contribution >= 4 is 23.2 Å². The second kappa shape index (κ2) is 10.4. The summed E-state index contributed by atoms with van der Waals surface area (Å²) >= 11 is 0. The molecule has 1 aliphatic heterocycles. The van der Waals surface area contributed by atoms with Crippen LogP contribution in [0.4, 0.5) is 17.3 Å². The highest BCUT2D eigenvalue weighted by Gasteiger charge is 2.23. The summed E-state index contributed by atoms with van der Waals surface area (Å²) in [5.74, 6) is 1.64. The quantitative estimate of drug-likeness (QED) is 0.565. The molecule has 33 heavy (non-hydrogen) atoms. The average Bonchev–Trinajstić information content (AvgIpc) is 2.79. The third-order valence-corrected chi connectivity index (χ3v) is 5.69. The number of rotatable bonds is 7. The van der Waals surface area contributed by atoms with Gasteiger partial charge in [-0.15, -0.1) is 0 Å². The smallest absolute Gasteiger partial charge is 0.238 e. The van der Waals surface area contributed by atoms with Gasteiger partial charge in [0.15, 0.2) is 0 Å². The summed E-state index contributed by atoms with van der Waals surface area (Å²) in [6.07, 6.45) is 3.93. The van der Waals surface area contributed by atoms with Gasteiger partial charge in [0, 0.05) is 35.2 Å². The minimum absolute atomic E-state index is 0.0122. The van der Waals surface area contributed by atoms with Crippen LogP contribution in [0.3, 0.4) is 0 Å². The maximum Gasteiger partial charge on any atom is 0.238 e. The van der Waals surface area contributed by atoms with E-state index in [4.69, 9.17) is 4.74 Å². The van der Waals surface area contributed by atoms with Gasteiger partial charge in [-0.05, 0) is 75.7 Å². The zero-order chi connectivity index (χ0) is 23.2. The normalized spacial score (nSPS) is 16.3. The number of aromatic nitrogens is 3. The molecule has 1 atom stereocenters. The van der Waals surface area contributed by atoms with Crippen molar-refractivity contribution in [2.45, 2.75) is 32.6 Å². The van der Waals surface area contributed by atoms with Crippen LogP contribution in [0.1, 0.15) is 35.8 Å². The van der Waals surface area contributed by atoms with Crippen LogP contribution in [0.15, 0.2) is 48.7 Å². The molecule has 2 aromatic heterocycles. The predicted molar refractivity (Wildman–Crippen MR) is 129 cm³/mol. The molecule has 3 heterocycles. The van der Waals surface area contributed by atoms with E-state index in [1.54, 1.807) is 7.11 Å². The van der Waals surface area contributed by atoms with Gasteiger partial charge < -0.3 is 15.4 Å². The van der Waals surface area contributed by atoms with E-state index in [0.717, 1.165) is 60.1 Å². The summed E-state index contributed by atoms with van der Waals surface area (Å²) in [7, 11) is 1.62. The lowest BCUT2D eigenvalue weighted by molar-refractivity contribution is -0.117. The van der Waals surface area contributed by atoms with Gasteiger partial charge in [0.1, 0.15) is 5.75 Å². The van der Waals surface area contributed by atoms with Gasteiger partial charge in [-0.3, -0.25) is 14.7 Å². The minimum Gasteiger partial charge on any atom is -0.497 e. The number of carbonyl (C=O) groups excluding carboxylic acids is 1. The summed E-state index contributed by atoms with van der Waals surface area (Å²) in [5, 5.41) is 6.19. The summed E-state index contributed by atoms with van der Waals surface area (Å²) in [6.45, 7) is 6.00. The molecule has 0 radical (unpaired) electrons. The molecular formula is C25H30N6O2. The van der Waals surface area contributed by atoms with Crippen molar-refractivity contribution in [1.29, 1.82) is 0 Å². The molecule has 0 bridgehead atoms. The Labute approximate surface area is 194 Å². The fraction of sp³-hybridized carbons (Fsp3) is 0.360. The van der Waals surface area contributed by atoms with Crippen LogP contribution < -0.4 is 15.4 Å². The molecule has 0 aliphatic carbocycles. The molecule has 8 heteroatoms. The van der Waals surface area contributed by atoms with Crippen molar-refractivity contribution < 1.29 is 9.53 Å². The van der Waals surface area contributed by atoms with E-state index in [-0.39, 0.29) is 5.91 Å². The number of amides is 1. The summed E-state index contributed by atoms with van der Waals surface area (Å²) in [5.41, 5.74) is 4.52. The van der Waals surface area contributed by atoms with Crippen LogP contribution in [0.5, 0.6) is 5.75 Å². The Bertz CT molecular complexity index is 1060. The van der Waals surface area contributed by atoms with Crippen LogP contribution in [-0.2, 0) is 4.79 Å². The average molecular weight is 447 g/mol. The number of methoxy groups -OCH3 is 1. The SMILES string of the molecule is COc1ccc(NC(=O)CN2CCC[C@H](c3ccc(Nc4nc(C)cc(C)n4)cn3)C2)cc1. The Hall–Kier alpha value is -3.52. The van der Waals surface area contributed by atoms with Gasteiger partial charge in [-0.1, -0.05) is 0 Å². The fourth-order valence-electron chi connectivity index (χ4n) is 4.15. The molecule has 0 spiro atoms. The maximum absolute atomic E-state index is 12.5. The molecule has 4 rings (SSSR count). The lowest BCUT2D eigenvalue weighted by Gasteiger charge is -2.32. The number of pyridine rings is 1. The second-order valence-electron chi connectivity index (χ2n) is 8.42. The Kier molecular flexibility index (Phi) is 7.14. The van der Waals surface area contributed by atoms with E-state index in [2.05, 4.69) is 36.6 Å². The van der Waals surface area contributed by atoms with Crippen molar-refractivity contribution in [3.63, 3.8) is 0 Å². The van der Waals surface area contributed by atoms with Crippen molar-refractivity contribution in [3.05, 3.63) is 65.7 Å². The third kappa shape index (κ3) is 6.26. The molecule has 0 saturated carbocycles. The van der Waals surface area contributed by atoms with Crippen LogP contribution in [0.2, 0.25) is 0 Å². The van der Waals surface area contributed by atoms with Crippen molar-refractivity contribution in [1.82, 2.24) is 19.9 Å². The number of anilines is 3. The van der Waals surface area contributed by atoms with Crippen LogP contribution in [0, 0.1) is 13.8 Å². The number of piperidine rings is 1. The van der Waals surface area contributed by atoms with Crippen LogP contribution in [-0.4, -0.2) is 52.5 Å². The number of benzene rings is 1. The van der Waals surface area contributed by atoms with E-state index in [1.165, 1.54) is 0 Å². The van der Waals surface area contributed by atoms with Gasteiger partial charge in [0.05, 0.1) is 25.5 Å². The number of hydrogen-bond donors (Lipinski definition) is 2. The topological polar surface area (TPSA) is 92.3 Å². The largest absolute Gasteiger partial charge is 0.497 e. The molecule has 1 aromatic carbocycles. The molecule has 0 unspecified atom stereocenters. The first-order valence-corrected chi connectivity index (χ1v) is 11.2. The molecule has 8 nitrogen and oxygen atoms in total. The van der Waals surface area contributed by atoms with Gasteiger partial charge in [0.2, 0.25) is 11.9 Å². The van der Waals surface area contributed by atoms with Crippen LogP contribution >= 0.6 is 0 Å². The lowest BCUT2D eigenvalue weighted by atomic mass is 9.94. The second-order valence-corrected chi connectivity index (χ2v) is 8.42. The number of nitrogens with one attached hydrogen (secondary N) is 2. The fourth-order valence-corrected chi connectivity index (χ4v) is 4.15. The first kappa shape index (κ1) is 22.7. The summed E-state index contributed by atoms with van der Waals surface area (Å²) < 4.78 is 5.16. The molecule has 1 saturated heterocycles. The van der Waals surface area contributed by atoms with Gasteiger partial charge in [0.25, 0.3) is 0 Å². The predicted octanol–water partition coefficient (Wildman–Crippen LogP) is 4.06. The Balaban J connectivity index is 1.32. The number of carbonyl (C=O) groups is 1. The Morgan fingerprint density at radius 1 is 1.09 bits per heavy atom. The summed E-state index contributed by atoms with van der Waals surface area (Å²) in [4.78, 5) is 28.2. The van der Waals surface area contributed by atoms with E-state index < -0.39 is 0 Å². The molecule has 1 fully saturated rings. The Morgan fingerprint density at radius 3 is 2.48 bits per heavy atom. The number of ether oxygens (including phenoxy) is 1. The minimum atomic E-state index is -0.0122. The maximum atomic E-state index is 12.5. The first-order chi connectivity index (χ1) is 16.0. The number of likely N-dealkylation sites (tertiary alicyclic amines) is 1. The number of aryl methyl sites for hydroxylation is 2. The highest BCUT2D eigenvalue weighted by molar-refractivity contribution is 5.92. The summed E-state index contributed by atoms with van der Waals surface area (Å²) in [6, 6.07) is 13.4. The third-order valence-electron chi connectivity index (χ3n) is 5.69. The molecule has 2 N–H and O–H groups in total. The van der Waals surface area contributed by atoms with Gasteiger partial charge in [-0.25, -0.2) is 9.97 Å². The zero-order valence-electron chi connectivity index (χ0n) is 19.3. The highest BCUT2D eigenvalue weighted by Crippen LogP contribution is 2.26. The Morgan fingerprint density at radius 2 is 1.82 bits per heavy atom. The van der Waals surface area contributed by atoms with Crippen molar-refractivity contribution in [2.75, 3.05) is 37.4 Å². The van der Waals surface area contributed by atoms with E-state index in [0.29, 0.717) is 18.4 Å². The first-order valence-electron chi connectivity index (χ1n) is 11.2. The standard InChI is InChI=1S/C25H30N6O2/c1-17-13-18(2)28-25(27-17)30-21-8-11-23(26-14-21)19-5-4-12-31(15-19)16-24(32)29-20-6-9-22(33-3)10-7-20/h6-11,13-14,19H,4-5,12,15-16H2,1-3H3,(H,29,32)(H,27,28,30)/t19-/m0/s1. The highest BCUT2D eigenvalue weighted by atomic mass is 16.5. The van der Waals surface area contributed by atoms with Gasteiger partial charge in [-0.2, -0.15) is 0 Å². The lowest BCUT2D eigenvalue weighted by Crippen LogP contribution is -2.39. The molecule has 3 aromatic rings.